The van der Waals surface area contributed by atoms with Crippen LogP contribution in [-0.2, 0) is 14.3 Å². The van der Waals surface area contributed by atoms with Crippen LogP contribution in [0.25, 0.3) is 0 Å². The Morgan fingerprint density at radius 2 is 1.29 bits per heavy atom. The average Bonchev–Trinajstić information content (AvgIpc) is 2.80. The van der Waals surface area contributed by atoms with Crippen molar-refractivity contribution in [3.8, 4) is 0 Å². The van der Waals surface area contributed by atoms with Crippen LogP contribution in [0.1, 0.15) is 136 Å². The summed E-state index contributed by atoms with van der Waals surface area (Å²) in [5.41, 5.74) is 0. The van der Waals surface area contributed by atoms with Gasteiger partial charge in [-0.25, -0.2) is 4.79 Å². The molecule has 1 saturated carbocycles. The number of hydrogen-bond donors (Lipinski definition) is 0. The van der Waals surface area contributed by atoms with Gasteiger partial charge in [-0.05, 0) is 26.2 Å². The van der Waals surface area contributed by atoms with E-state index in [0.29, 0.717) is 6.61 Å². The van der Waals surface area contributed by atoms with Gasteiger partial charge in [0, 0.05) is 5.92 Å². The first-order valence-electron chi connectivity index (χ1n) is 13.4. The first-order chi connectivity index (χ1) is 15.1. The molecule has 1 rings (SSSR count). The highest BCUT2D eigenvalue weighted by atomic mass is 16.5. The molecule has 4 nitrogen and oxygen atoms in total. The number of carbonyl (C=O) groups excluding carboxylic acids is 2. The van der Waals surface area contributed by atoms with Gasteiger partial charge >= 0.3 is 5.97 Å². The second-order valence-corrected chi connectivity index (χ2v) is 9.46. The van der Waals surface area contributed by atoms with Crippen molar-refractivity contribution in [3.63, 3.8) is 0 Å². The third kappa shape index (κ3) is 15.3. The van der Waals surface area contributed by atoms with Gasteiger partial charge < -0.3 is 4.74 Å². The second kappa shape index (κ2) is 19.5. The minimum absolute atomic E-state index is 0.132. The Morgan fingerprint density at radius 1 is 0.806 bits per heavy atom. The summed E-state index contributed by atoms with van der Waals surface area (Å²) in [5.74, 6) is -0.110. The summed E-state index contributed by atoms with van der Waals surface area (Å²) in [6, 6.07) is -0.434. The van der Waals surface area contributed by atoms with Gasteiger partial charge in [0.25, 0.3) is 0 Å². The molecule has 0 aliphatic heterocycles. The predicted molar refractivity (Wildman–Crippen MR) is 131 cm³/mol. The maximum absolute atomic E-state index is 12.4. The number of nitrogens with zero attached hydrogens (tertiary/aromatic N) is 1. The summed E-state index contributed by atoms with van der Waals surface area (Å²) >= 11 is 0. The number of esters is 1. The van der Waals surface area contributed by atoms with Crippen LogP contribution in [-0.4, -0.2) is 30.6 Å². The van der Waals surface area contributed by atoms with Crippen molar-refractivity contribution in [3.05, 3.63) is 0 Å². The highest BCUT2D eigenvalue weighted by Crippen LogP contribution is 2.25. The number of ketones is 1. The molecule has 1 atom stereocenters. The number of ether oxygens (including phenoxy) is 1. The van der Waals surface area contributed by atoms with Crippen molar-refractivity contribution < 1.29 is 14.3 Å². The van der Waals surface area contributed by atoms with E-state index in [-0.39, 0.29) is 11.7 Å². The van der Waals surface area contributed by atoms with Gasteiger partial charge in [-0.1, -0.05) is 110 Å². The van der Waals surface area contributed by atoms with E-state index >= 15 is 0 Å². The summed E-state index contributed by atoms with van der Waals surface area (Å²) in [6.45, 7) is 4.51. The Hall–Kier alpha value is -1.19. The van der Waals surface area contributed by atoms with Crippen LogP contribution in [0, 0.1) is 5.92 Å². The third-order valence-corrected chi connectivity index (χ3v) is 6.57. The molecule has 0 N–H and O–H groups in total. The standard InChI is InChI=1S/C27H49NO3/c1-3-4-5-6-7-8-9-10-11-12-13-14-15-19-22-31-26(29)23-28-24(2)27(30)25-20-17-16-18-21-25/h23-25H,3-22H2,1-2H3/t24-/m0/s1. The molecule has 0 aromatic rings. The predicted octanol–water partition coefficient (Wildman–Crippen LogP) is 7.62. The van der Waals surface area contributed by atoms with E-state index in [4.69, 9.17) is 4.74 Å². The molecule has 0 amide bonds. The first-order valence-corrected chi connectivity index (χ1v) is 13.4. The van der Waals surface area contributed by atoms with Crippen molar-refractivity contribution >= 4 is 18.0 Å². The molecule has 1 aliphatic rings. The van der Waals surface area contributed by atoms with E-state index in [1.54, 1.807) is 6.92 Å². The zero-order chi connectivity index (χ0) is 22.6. The lowest BCUT2D eigenvalue weighted by atomic mass is 9.84. The largest absolute Gasteiger partial charge is 0.461 e. The van der Waals surface area contributed by atoms with E-state index < -0.39 is 12.0 Å². The Balaban J connectivity index is 1.89. The Morgan fingerprint density at radius 3 is 1.81 bits per heavy atom. The molecule has 0 aromatic carbocycles. The molecule has 0 unspecified atom stereocenters. The number of aliphatic imine (C=N–C) groups is 1. The maximum Gasteiger partial charge on any atom is 0.348 e. The van der Waals surface area contributed by atoms with Gasteiger partial charge in [-0.2, -0.15) is 0 Å². The van der Waals surface area contributed by atoms with Gasteiger partial charge in [0.2, 0.25) is 0 Å². The van der Waals surface area contributed by atoms with Crippen LogP contribution in [0.2, 0.25) is 0 Å². The van der Waals surface area contributed by atoms with Gasteiger partial charge in [-0.3, -0.25) is 9.79 Å². The fraction of sp³-hybridized carbons (Fsp3) is 0.889. The molecular weight excluding hydrogens is 386 g/mol. The van der Waals surface area contributed by atoms with Gasteiger partial charge in [0.05, 0.1) is 6.61 Å². The van der Waals surface area contributed by atoms with Crippen LogP contribution >= 0.6 is 0 Å². The van der Waals surface area contributed by atoms with E-state index in [9.17, 15) is 9.59 Å². The van der Waals surface area contributed by atoms with Crippen molar-refractivity contribution in [1.82, 2.24) is 0 Å². The molecule has 0 spiro atoms. The number of hydrogen-bond acceptors (Lipinski definition) is 4. The fourth-order valence-corrected chi connectivity index (χ4v) is 4.48. The summed E-state index contributed by atoms with van der Waals surface area (Å²) < 4.78 is 5.23. The lowest BCUT2D eigenvalue weighted by Gasteiger charge is -2.21. The fourth-order valence-electron chi connectivity index (χ4n) is 4.48. The lowest BCUT2D eigenvalue weighted by molar-refractivity contribution is -0.135. The maximum atomic E-state index is 12.4. The molecule has 1 fully saturated rings. The molecule has 180 valence electrons. The van der Waals surface area contributed by atoms with Crippen molar-refractivity contribution in [2.45, 2.75) is 142 Å². The van der Waals surface area contributed by atoms with E-state index in [1.807, 2.05) is 0 Å². The average molecular weight is 436 g/mol. The minimum atomic E-state index is -0.434. The summed E-state index contributed by atoms with van der Waals surface area (Å²) in [7, 11) is 0. The highest BCUT2D eigenvalue weighted by molar-refractivity contribution is 6.23. The van der Waals surface area contributed by atoms with Crippen LogP contribution in [0.4, 0.5) is 0 Å². The normalized spacial score (nSPS) is 15.9. The van der Waals surface area contributed by atoms with E-state index in [1.165, 1.54) is 89.7 Å². The first kappa shape index (κ1) is 27.8. The molecule has 4 heteroatoms. The number of Topliss-reactive ketones (excluding diaryl/α,β-unsaturated/α-hetero) is 1. The smallest absolute Gasteiger partial charge is 0.348 e. The molecule has 0 aromatic heterocycles. The van der Waals surface area contributed by atoms with E-state index in [0.717, 1.165) is 38.5 Å². The molecule has 0 bridgehead atoms. The Kier molecular flexibility index (Phi) is 17.5. The lowest BCUT2D eigenvalue weighted by Crippen LogP contribution is -2.26. The Bertz CT molecular complexity index is 483. The zero-order valence-corrected chi connectivity index (χ0v) is 20.5. The van der Waals surface area contributed by atoms with Crippen LogP contribution in [0.5, 0.6) is 0 Å². The monoisotopic (exact) mass is 435 g/mol. The van der Waals surface area contributed by atoms with Crippen molar-refractivity contribution in [1.29, 1.82) is 0 Å². The van der Waals surface area contributed by atoms with E-state index in [2.05, 4.69) is 11.9 Å². The quantitative estimate of drug-likeness (QED) is 0.119. The molecule has 0 saturated heterocycles. The second-order valence-electron chi connectivity index (χ2n) is 9.46. The number of rotatable bonds is 19. The van der Waals surface area contributed by atoms with Gasteiger partial charge in [0.15, 0.2) is 5.78 Å². The van der Waals surface area contributed by atoms with Crippen molar-refractivity contribution in [2.75, 3.05) is 6.61 Å². The molecule has 31 heavy (non-hydrogen) atoms. The Labute approximate surface area is 192 Å². The minimum Gasteiger partial charge on any atom is -0.461 e. The van der Waals surface area contributed by atoms with Crippen LogP contribution in [0.15, 0.2) is 4.99 Å². The van der Waals surface area contributed by atoms with Gasteiger partial charge in [0.1, 0.15) is 12.3 Å². The van der Waals surface area contributed by atoms with Crippen LogP contribution < -0.4 is 0 Å². The molecule has 0 heterocycles. The SMILES string of the molecule is CCCCCCCCCCCCCCCCOC(=O)C=N[C@@H](C)C(=O)C1CCCCC1. The summed E-state index contributed by atoms with van der Waals surface area (Å²) in [5, 5.41) is 0. The molecule has 0 radical (unpaired) electrons. The van der Waals surface area contributed by atoms with Gasteiger partial charge in [-0.15, -0.1) is 0 Å². The molecule has 1 aliphatic carbocycles. The topological polar surface area (TPSA) is 55.7 Å². The number of carbonyl (C=O) groups is 2. The van der Waals surface area contributed by atoms with Crippen molar-refractivity contribution in [2.24, 2.45) is 10.9 Å². The summed E-state index contributed by atoms with van der Waals surface area (Å²) in [4.78, 5) is 28.3. The van der Waals surface area contributed by atoms with Crippen LogP contribution in [0.3, 0.4) is 0 Å². The number of unbranched alkanes of at least 4 members (excludes halogenated alkanes) is 13. The zero-order valence-electron chi connectivity index (χ0n) is 20.5. The molecular formula is C27H49NO3. The third-order valence-electron chi connectivity index (χ3n) is 6.57. The highest BCUT2D eigenvalue weighted by Gasteiger charge is 2.24. The summed E-state index contributed by atoms with van der Waals surface area (Å²) in [6.07, 6.45) is 25.0.